The number of nitrogens with zero attached hydrogens (tertiary/aromatic N) is 1. The van der Waals surface area contributed by atoms with Gasteiger partial charge < -0.3 is 15.3 Å². The fourth-order valence-corrected chi connectivity index (χ4v) is 5.89. The zero-order valence-corrected chi connectivity index (χ0v) is 25.1. The normalized spacial score (nSPS) is 19.0. The molecule has 1 fully saturated rings. The average molecular weight is 487 g/mol. The Morgan fingerprint density at radius 1 is 0.943 bits per heavy atom. The van der Waals surface area contributed by atoms with Crippen LogP contribution < -0.4 is 5.32 Å². The summed E-state index contributed by atoms with van der Waals surface area (Å²) < 4.78 is 0. The van der Waals surface area contributed by atoms with Gasteiger partial charge >= 0.3 is 0 Å². The molecular formula is C31H54N2O2. The molecule has 1 heterocycles. The molecule has 2 N–H and O–H groups in total. The van der Waals surface area contributed by atoms with Crippen LogP contribution in [0, 0.1) is 0 Å². The molecule has 0 atom stereocenters. The molecule has 1 saturated heterocycles. The number of piperidine rings is 1. The fraction of sp³-hybridized carbons (Fsp3) is 0.774. The molecule has 0 aliphatic carbocycles. The van der Waals surface area contributed by atoms with Crippen molar-refractivity contribution in [1.29, 1.82) is 0 Å². The van der Waals surface area contributed by atoms with Gasteiger partial charge in [-0.1, -0.05) is 67.0 Å². The lowest BCUT2D eigenvalue weighted by molar-refractivity contribution is -0.140. The Morgan fingerprint density at radius 3 is 1.74 bits per heavy atom. The van der Waals surface area contributed by atoms with E-state index in [1.807, 2.05) is 0 Å². The molecular weight excluding hydrogens is 432 g/mol. The van der Waals surface area contributed by atoms with Crippen molar-refractivity contribution in [3.05, 3.63) is 28.8 Å². The van der Waals surface area contributed by atoms with Gasteiger partial charge in [-0.25, -0.2) is 0 Å². The summed E-state index contributed by atoms with van der Waals surface area (Å²) in [6.45, 7) is 28.9. The van der Waals surface area contributed by atoms with Crippen molar-refractivity contribution in [1.82, 2.24) is 10.2 Å². The van der Waals surface area contributed by atoms with Crippen molar-refractivity contribution in [3.8, 4) is 5.75 Å². The molecule has 0 aromatic heterocycles. The second-order valence-corrected chi connectivity index (χ2v) is 14.9. The maximum Gasteiger partial charge on any atom is 0.232 e. The van der Waals surface area contributed by atoms with Crippen LogP contribution in [0.1, 0.15) is 132 Å². The molecule has 1 aromatic carbocycles. The second kappa shape index (κ2) is 9.72. The van der Waals surface area contributed by atoms with Crippen molar-refractivity contribution in [2.45, 2.75) is 149 Å². The monoisotopic (exact) mass is 486 g/mol. The molecule has 0 bridgehead atoms. The minimum absolute atomic E-state index is 0.0291. The van der Waals surface area contributed by atoms with Crippen LogP contribution >= 0.6 is 0 Å². The second-order valence-electron chi connectivity index (χ2n) is 14.9. The van der Waals surface area contributed by atoms with Crippen LogP contribution in [-0.4, -0.2) is 39.6 Å². The molecule has 0 spiro atoms. The van der Waals surface area contributed by atoms with E-state index >= 15 is 0 Å². The molecule has 1 aliphatic rings. The molecule has 0 saturated carbocycles. The number of rotatable bonds is 6. The number of phenols is 1. The fourth-order valence-electron chi connectivity index (χ4n) is 5.89. The van der Waals surface area contributed by atoms with Crippen molar-refractivity contribution in [3.63, 3.8) is 0 Å². The van der Waals surface area contributed by atoms with Crippen molar-refractivity contribution in [2.24, 2.45) is 0 Å². The smallest absolute Gasteiger partial charge is 0.232 e. The lowest BCUT2D eigenvalue weighted by atomic mass is 9.73. The van der Waals surface area contributed by atoms with Gasteiger partial charge in [0, 0.05) is 23.7 Å². The van der Waals surface area contributed by atoms with Crippen LogP contribution in [0.25, 0.3) is 0 Å². The summed E-state index contributed by atoms with van der Waals surface area (Å²) >= 11 is 0. The molecule has 1 aliphatic heterocycles. The highest BCUT2D eigenvalue weighted by Crippen LogP contribution is 2.43. The lowest BCUT2D eigenvalue weighted by Crippen LogP contribution is -2.64. The van der Waals surface area contributed by atoms with Gasteiger partial charge in [0.2, 0.25) is 5.91 Å². The SMILES string of the molecule is CCCCN(C(=O)C(C)(C)c1cc(C(C)(C)C)c(O)c(C(C)(C)C)c1)C1CC(C)(C)NC(C)(C)C1. The zero-order valence-electron chi connectivity index (χ0n) is 25.1. The molecule has 0 unspecified atom stereocenters. The summed E-state index contributed by atoms with van der Waals surface area (Å²) in [5.74, 6) is 0.552. The Labute approximate surface area is 216 Å². The third kappa shape index (κ3) is 6.81. The molecule has 1 amide bonds. The molecule has 1 aromatic rings. The summed E-state index contributed by atoms with van der Waals surface area (Å²) in [7, 11) is 0. The first-order chi connectivity index (χ1) is 15.6. The average Bonchev–Trinajstić information content (AvgIpc) is 2.63. The van der Waals surface area contributed by atoms with Crippen LogP contribution in [0.3, 0.4) is 0 Å². The summed E-state index contributed by atoms with van der Waals surface area (Å²) in [6, 6.07) is 4.36. The predicted octanol–water partition coefficient (Wildman–Crippen LogP) is 7.20. The highest BCUT2D eigenvalue weighted by Gasteiger charge is 2.44. The molecule has 4 nitrogen and oxygen atoms in total. The number of aromatic hydroxyl groups is 1. The summed E-state index contributed by atoms with van der Waals surface area (Å²) in [4.78, 5) is 16.6. The minimum Gasteiger partial charge on any atom is -0.507 e. The Morgan fingerprint density at radius 2 is 1.37 bits per heavy atom. The van der Waals surface area contributed by atoms with E-state index in [1.54, 1.807) is 0 Å². The summed E-state index contributed by atoms with van der Waals surface area (Å²) in [5, 5.41) is 15.0. The lowest BCUT2D eigenvalue weighted by Gasteiger charge is -2.50. The van der Waals surface area contributed by atoms with Gasteiger partial charge in [-0.2, -0.15) is 0 Å². The zero-order chi connectivity index (χ0) is 27.2. The van der Waals surface area contributed by atoms with Crippen molar-refractivity contribution < 1.29 is 9.90 Å². The van der Waals surface area contributed by atoms with E-state index in [4.69, 9.17) is 0 Å². The first kappa shape index (κ1) is 29.7. The molecule has 0 radical (unpaired) electrons. The number of carbonyl (C=O) groups is 1. The van der Waals surface area contributed by atoms with E-state index in [0.29, 0.717) is 5.75 Å². The Hall–Kier alpha value is -1.55. The summed E-state index contributed by atoms with van der Waals surface area (Å²) in [5.41, 5.74) is 1.57. The van der Waals surface area contributed by atoms with Crippen LogP contribution in [0.15, 0.2) is 12.1 Å². The van der Waals surface area contributed by atoms with Crippen LogP contribution in [0.2, 0.25) is 0 Å². The standard InChI is InChI=1S/C31H54N2O2/c1-14-15-16-33(22-19-29(8,9)32-30(10,11)20-22)26(35)31(12,13)21-17-23(27(2,3)4)25(34)24(18-21)28(5,6)7/h17-18,22,32,34H,14-16,19-20H2,1-13H3. The first-order valence-corrected chi connectivity index (χ1v) is 13.6. The quantitative estimate of drug-likeness (QED) is 0.447. The number of phenolic OH excluding ortho intramolecular Hbond substituents is 1. The highest BCUT2D eigenvalue weighted by molar-refractivity contribution is 5.88. The van der Waals surface area contributed by atoms with Crippen LogP contribution in [0.5, 0.6) is 5.75 Å². The van der Waals surface area contributed by atoms with Crippen LogP contribution in [-0.2, 0) is 21.0 Å². The highest BCUT2D eigenvalue weighted by atomic mass is 16.3. The minimum atomic E-state index is -0.708. The number of carbonyl (C=O) groups excluding carboxylic acids is 1. The Balaban J connectivity index is 2.62. The number of hydrogen-bond donors (Lipinski definition) is 2. The molecule has 35 heavy (non-hydrogen) atoms. The largest absolute Gasteiger partial charge is 0.507 e. The van der Waals surface area contributed by atoms with E-state index in [0.717, 1.165) is 48.9 Å². The number of hydrogen-bond acceptors (Lipinski definition) is 3. The summed E-state index contributed by atoms with van der Waals surface area (Å²) in [6.07, 6.45) is 3.95. The van der Waals surface area contributed by atoms with Gasteiger partial charge in [-0.3, -0.25) is 4.79 Å². The molecule has 2 rings (SSSR count). The number of amides is 1. The Bertz CT molecular complexity index is 862. The maximum atomic E-state index is 14.4. The van der Waals surface area contributed by atoms with E-state index in [9.17, 15) is 9.90 Å². The van der Waals surface area contributed by atoms with Crippen LogP contribution in [0.4, 0.5) is 0 Å². The van der Waals surface area contributed by atoms with Gasteiger partial charge in [0.1, 0.15) is 5.75 Å². The number of benzene rings is 1. The van der Waals surface area contributed by atoms with Gasteiger partial charge in [0.25, 0.3) is 0 Å². The predicted molar refractivity (Wildman–Crippen MR) is 149 cm³/mol. The maximum absolute atomic E-state index is 14.4. The topological polar surface area (TPSA) is 52.6 Å². The third-order valence-electron chi connectivity index (χ3n) is 7.61. The van der Waals surface area contributed by atoms with Gasteiger partial charge in [0.05, 0.1) is 5.41 Å². The number of nitrogens with one attached hydrogen (secondary N) is 1. The van der Waals surface area contributed by atoms with E-state index in [-0.39, 0.29) is 33.9 Å². The van der Waals surface area contributed by atoms with Crippen molar-refractivity contribution >= 4 is 5.91 Å². The van der Waals surface area contributed by atoms with E-state index < -0.39 is 5.41 Å². The third-order valence-corrected chi connectivity index (χ3v) is 7.61. The van der Waals surface area contributed by atoms with E-state index in [1.165, 1.54) is 0 Å². The Kier molecular flexibility index (Phi) is 8.25. The van der Waals surface area contributed by atoms with Gasteiger partial charge in [-0.05, 0) is 88.3 Å². The first-order valence-electron chi connectivity index (χ1n) is 13.6. The van der Waals surface area contributed by atoms with E-state index in [2.05, 4.69) is 112 Å². The molecule has 4 heteroatoms. The number of unbranched alkanes of at least 4 members (excludes halogenated alkanes) is 1. The van der Waals surface area contributed by atoms with Gasteiger partial charge in [0.15, 0.2) is 0 Å². The molecule has 200 valence electrons. The van der Waals surface area contributed by atoms with Crippen molar-refractivity contribution in [2.75, 3.05) is 6.54 Å². The van der Waals surface area contributed by atoms with Gasteiger partial charge in [-0.15, -0.1) is 0 Å².